The monoisotopic (exact) mass is 235 g/mol. The summed E-state index contributed by atoms with van der Waals surface area (Å²) in [4.78, 5) is 6.65. The van der Waals surface area contributed by atoms with Crippen molar-refractivity contribution in [3.05, 3.63) is 18.2 Å². The third kappa shape index (κ3) is 1.71. The van der Waals surface area contributed by atoms with Crippen LogP contribution < -0.4 is 10.6 Å². The highest BCUT2D eigenvalue weighted by atomic mass is 32.2. The molecule has 0 spiro atoms. The van der Waals surface area contributed by atoms with Crippen LogP contribution in [0.5, 0.6) is 0 Å². The second-order valence-corrected chi connectivity index (χ2v) is 5.05. The molecular formula is C11H13N3OS. The molecule has 2 N–H and O–H groups in total. The molecule has 0 aliphatic carbocycles. The lowest BCUT2D eigenvalue weighted by Gasteiger charge is -2.24. The molecule has 2 aromatic rings. The molecule has 1 aromatic heterocycles. The fraction of sp³-hybridized carbons (Fsp3) is 0.364. The van der Waals surface area contributed by atoms with Gasteiger partial charge in [-0.3, -0.25) is 0 Å². The van der Waals surface area contributed by atoms with Gasteiger partial charge in [0, 0.05) is 30.3 Å². The molecule has 0 atom stereocenters. The van der Waals surface area contributed by atoms with Gasteiger partial charge in [-0.25, -0.2) is 0 Å². The highest BCUT2D eigenvalue weighted by molar-refractivity contribution is 7.99. The maximum absolute atomic E-state index is 5.71. The van der Waals surface area contributed by atoms with Crippen LogP contribution in [0, 0.1) is 0 Å². The molecule has 0 saturated carbocycles. The smallest absolute Gasteiger partial charge is 0.298 e. The Morgan fingerprint density at radius 2 is 2.12 bits per heavy atom. The molecule has 1 aliphatic heterocycles. The Labute approximate surface area is 97.8 Å². The molecule has 1 fully saturated rings. The largest absolute Gasteiger partial charge is 0.423 e. The number of nitrogens with two attached hydrogens (primary N) is 1. The summed E-state index contributed by atoms with van der Waals surface area (Å²) in [5.74, 6) is 2.28. The summed E-state index contributed by atoms with van der Waals surface area (Å²) in [6, 6.07) is 6.28. The molecule has 0 unspecified atom stereocenters. The van der Waals surface area contributed by atoms with Gasteiger partial charge in [0.2, 0.25) is 0 Å². The zero-order chi connectivity index (χ0) is 11.0. The van der Waals surface area contributed by atoms with Crippen LogP contribution in [0.1, 0.15) is 0 Å². The second kappa shape index (κ2) is 3.90. The molecule has 1 saturated heterocycles. The van der Waals surface area contributed by atoms with E-state index in [4.69, 9.17) is 10.2 Å². The van der Waals surface area contributed by atoms with Gasteiger partial charge in [0.25, 0.3) is 6.01 Å². The van der Waals surface area contributed by atoms with Crippen molar-refractivity contribution in [3.63, 3.8) is 0 Å². The maximum atomic E-state index is 5.71. The molecule has 0 radical (unpaired) electrons. The van der Waals surface area contributed by atoms with Crippen molar-refractivity contribution in [1.82, 2.24) is 4.98 Å². The predicted molar refractivity (Wildman–Crippen MR) is 68.0 cm³/mol. The number of aromatic nitrogens is 1. The Morgan fingerprint density at radius 3 is 2.94 bits per heavy atom. The topological polar surface area (TPSA) is 55.3 Å². The zero-order valence-electron chi connectivity index (χ0n) is 8.85. The van der Waals surface area contributed by atoms with E-state index < -0.39 is 0 Å². The van der Waals surface area contributed by atoms with Crippen LogP contribution in [0.15, 0.2) is 22.6 Å². The van der Waals surface area contributed by atoms with Crippen molar-refractivity contribution in [2.45, 2.75) is 0 Å². The lowest BCUT2D eigenvalue weighted by Crippen LogP contribution is -2.32. The van der Waals surface area contributed by atoms with Crippen molar-refractivity contribution in [1.29, 1.82) is 0 Å². The lowest BCUT2D eigenvalue weighted by atomic mass is 10.3. The first kappa shape index (κ1) is 9.84. The van der Waals surface area contributed by atoms with Gasteiger partial charge in [-0.2, -0.15) is 16.7 Å². The Balaban J connectivity index is 1.97. The normalized spacial score (nSPS) is 16.9. The van der Waals surface area contributed by atoms with Gasteiger partial charge >= 0.3 is 0 Å². The quantitative estimate of drug-likeness (QED) is 0.766. The summed E-state index contributed by atoms with van der Waals surface area (Å²) in [7, 11) is 0. The third-order valence-corrected chi connectivity index (χ3v) is 3.62. The van der Waals surface area contributed by atoms with Crippen LogP contribution >= 0.6 is 11.8 Å². The van der Waals surface area contributed by atoms with Crippen molar-refractivity contribution < 1.29 is 4.42 Å². The van der Waals surface area contributed by atoms with Crippen LogP contribution in [0.3, 0.4) is 0 Å². The van der Waals surface area contributed by atoms with Crippen LogP contribution in [0.4, 0.5) is 11.7 Å². The Bertz CT molecular complexity index is 505. The molecule has 5 heteroatoms. The molecule has 1 aromatic carbocycles. The van der Waals surface area contributed by atoms with Crippen LogP contribution in [0.25, 0.3) is 11.1 Å². The molecule has 16 heavy (non-hydrogen) atoms. The number of fused-ring (bicyclic) bond motifs is 1. The molecule has 3 rings (SSSR count). The Morgan fingerprint density at radius 1 is 1.31 bits per heavy atom. The Hall–Kier alpha value is -1.36. The number of benzene rings is 1. The summed E-state index contributed by atoms with van der Waals surface area (Å²) in [5.41, 5.74) is 8.09. The van der Waals surface area contributed by atoms with Gasteiger partial charge in [-0.05, 0) is 18.2 Å². The number of hydrogen-bond acceptors (Lipinski definition) is 5. The average Bonchev–Trinajstić information content (AvgIpc) is 2.73. The van der Waals surface area contributed by atoms with Gasteiger partial charge in [0.05, 0.1) is 0 Å². The van der Waals surface area contributed by atoms with Crippen LogP contribution in [-0.2, 0) is 0 Å². The second-order valence-electron chi connectivity index (χ2n) is 3.82. The number of rotatable bonds is 1. The highest BCUT2D eigenvalue weighted by Gasteiger charge is 2.16. The number of hydrogen-bond donors (Lipinski definition) is 1. The molecule has 4 nitrogen and oxygen atoms in total. The van der Waals surface area contributed by atoms with E-state index in [2.05, 4.69) is 9.88 Å². The first-order valence-electron chi connectivity index (χ1n) is 5.32. The molecule has 0 amide bonds. The predicted octanol–water partition coefficient (Wildman–Crippen LogP) is 1.96. The summed E-state index contributed by atoms with van der Waals surface area (Å²) < 4.78 is 5.71. The third-order valence-electron chi connectivity index (χ3n) is 2.68. The summed E-state index contributed by atoms with van der Waals surface area (Å²) in [5, 5.41) is 0. The van der Waals surface area contributed by atoms with E-state index >= 15 is 0 Å². The van der Waals surface area contributed by atoms with E-state index in [1.165, 1.54) is 0 Å². The average molecular weight is 235 g/mol. The number of nitrogen functional groups attached to an aromatic ring is 1. The molecular weight excluding hydrogens is 222 g/mol. The van der Waals surface area contributed by atoms with E-state index in [1.54, 1.807) is 0 Å². The maximum Gasteiger partial charge on any atom is 0.298 e. The zero-order valence-corrected chi connectivity index (χ0v) is 9.67. The first-order chi connectivity index (χ1) is 7.83. The SMILES string of the molecule is Nc1ccc2oc(N3CCSCC3)nc2c1. The van der Waals surface area contributed by atoms with Crippen molar-refractivity contribution in [2.24, 2.45) is 0 Å². The van der Waals surface area contributed by atoms with Crippen molar-refractivity contribution in [2.75, 3.05) is 35.2 Å². The number of nitrogens with zero attached hydrogens (tertiary/aromatic N) is 2. The highest BCUT2D eigenvalue weighted by Crippen LogP contribution is 2.25. The minimum atomic E-state index is 0.723. The van der Waals surface area contributed by atoms with Crippen molar-refractivity contribution >= 4 is 34.6 Å². The minimum Gasteiger partial charge on any atom is -0.423 e. The van der Waals surface area contributed by atoms with E-state index in [0.29, 0.717) is 0 Å². The van der Waals surface area contributed by atoms with E-state index in [-0.39, 0.29) is 0 Å². The number of oxazole rings is 1. The molecule has 2 heterocycles. The molecule has 84 valence electrons. The fourth-order valence-corrected chi connectivity index (χ4v) is 2.73. The van der Waals surface area contributed by atoms with Gasteiger partial charge in [0.15, 0.2) is 5.58 Å². The number of anilines is 2. The van der Waals surface area contributed by atoms with Gasteiger partial charge in [0.1, 0.15) is 5.52 Å². The van der Waals surface area contributed by atoms with Gasteiger partial charge in [-0.1, -0.05) is 0 Å². The molecule has 0 bridgehead atoms. The first-order valence-corrected chi connectivity index (χ1v) is 6.47. The van der Waals surface area contributed by atoms with Gasteiger partial charge in [-0.15, -0.1) is 0 Å². The van der Waals surface area contributed by atoms with E-state index in [9.17, 15) is 0 Å². The summed E-state index contributed by atoms with van der Waals surface area (Å²) in [6.07, 6.45) is 0. The van der Waals surface area contributed by atoms with Crippen molar-refractivity contribution in [3.8, 4) is 0 Å². The van der Waals surface area contributed by atoms with E-state index in [1.807, 2.05) is 30.0 Å². The van der Waals surface area contributed by atoms with Gasteiger partial charge < -0.3 is 15.1 Å². The fourth-order valence-electron chi connectivity index (χ4n) is 1.82. The minimum absolute atomic E-state index is 0.723. The van der Waals surface area contributed by atoms with Crippen LogP contribution in [0.2, 0.25) is 0 Å². The lowest BCUT2D eigenvalue weighted by molar-refractivity contribution is 0.575. The van der Waals surface area contributed by atoms with E-state index in [0.717, 1.165) is 47.4 Å². The standard InChI is InChI=1S/C11H13N3OS/c12-8-1-2-10-9(7-8)13-11(15-10)14-3-5-16-6-4-14/h1-2,7H,3-6,12H2. The Kier molecular flexibility index (Phi) is 2.40. The number of thioether (sulfide) groups is 1. The molecule has 1 aliphatic rings. The summed E-state index contributed by atoms with van der Waals surface area (Å²) in [6.45, 7) is 2.01. The summed E-state index contributed by atoms with van der Waals surface area (Å²) >= 11 is 1.97. The van der Waals surface area contributed by atoms with Crippen LogP contribution in [-0.4, -0.2) is 29.6 Å².